The maximum Gasteiger partial charge on any atom is 0.255 e. The van der Waals surface area contributed by atoms with E-state index < -0.39 is 11.7 Å². The highest BCUT2D eigenvalue weighted by molar-refractivity contribution is 6.33. The number of rotatable bonds is 4. The number of pyridine rings is 1. The van der Waals surface area contributed by atoms with Crippen LogP contribution in [0, 0.1) is 19.7 Å². The van der Waals surface area contributed by atoms with Gasteiger partial charge in [-0.15, -0.1) is 0 Å². The summed E-state index contributed by atoms with van der Waals surface area (Å²) in [7, 11) is 0. The number of carbonyl (C=O) groups is 1. The van der Waals surface area contributed by atoms with Crippen molar-refractivity contribution in [3.05, 3.63) is 82.3 Å². The summed E-state index contributed by atoms with van der Waals surface area (Å²) in [6, 6.07) is 12.9. The quantitative estimate of drug-likeness (QED) is 0.639. The van der Waals surface area contributed by atoms with Gasteiger partial charge in [0.05, 0.1) is 22.6 Å². The number of hydrogen-bond acceptors (Lipinski definition) is 3. The maximum absolute atomic E-state index is 13.2. The van der Waals surface area contributed by atoms with Crippen LogP contribution in [0.15, 0.2) is 54.7 Å². The van der Waals surface area contributed by atoms with Crippen LogP contribution in [0.2, 0.25) is 5.02 Å². The number of hydrogen-bond donors (Lipinski definition) is 2. The Bertz CT molecular complexity index is 935. The minimum Gasteiger partial charge on any atom is -0.339 e. The van der Waals surface area contributed by atoms with Gasteiger partial charge in [0.1, 0.15) is 11.6 Å². The van der Waals surface area contributed by atoms with Gasteiger partial charge < -0.3 is 10.6 Å². The number of halogens is 2. The third kappa shape index (κ3) is 4.18. The molecule has 2 N–H and O–H groups in total. The fourth-order valence-corrected chi connectivity index (χ4v) is 2.95. The van der Waals surface area contributed by atoms with Gasteiger partial charge in [-0.05, 0) is 61.4 Å². The van der Waals surface area contributed by atoms with E-state index >= 15 is 0 Å². The molecule has 1 amide bonds. The SMILES string of the molecule is Cc1cc(C)c(Nc2ccc(NC(=O)c3cccc(F)c3)cn2)c(Cl)c1. The summed E-state index contributed by atoms with van der Waals surface area (Å²) in [5.74, 6) is -0.257. The zero-order valence-corrected chi connectivity index (χ0v) is 15.1. The van der Waals surface area contributed by atoms with Crippen molar-refractivity contribution >= 4 is 34.7 Å². The molecule has 0 aliphatic heterocycles. The number of aryl methyl sites for hydroxylation is 2. The lowest BCUT2D eigenvalue weighted by Gasteiger charge is -2.12. The Morgan fingerprint density at radius 2 is 1.92 bits per heavy atom. The van der Waals surface area contributed by atoms with Crippen LogP contribution in [0.5, 0.6) is 0 Å². The summed E-state index contributed by atoms with van der Waals surface area (Å²) in [4.78, 5) is 16.4. The van der Waals surface area contributed by atoms with Crippen LogP contribution in [-0.4, -0.2) is 10.9 Å². The lowest BCUT2D eigenvalue weighted by atomic mass is 10.1. The van der Waals surface area contributed by atoms with Gasteiger partial charge in [-0.25, -0.2) is 9.37 Å². The van der Waals surface area contributed by atoms with Crippen LogP contribution in [-0.2, 0) is 0 Å². The standard InChI is InChI=1S/C20H17ClFN3O/c1-12-8-13(2)19(17(21)9-12)25-18-7-6-16(11-23-18)24-20(26)14-4-3-5-15(22)10-14/h3-11H,1-2H3,(H,23,25)(H,24,26). The van der Waals surface area contributed by atoms with Crippen LogP contribution in [0.25, 0.3) is 0 Å². The Hall–Kier alpha value is -2.92. The van der Waals surface area contributed by atoms with Crippen molar-refractivity contribution in [2.24, 2.45) is 0 Å². The summed E-state index contributed by atoms with van der Waals surface area (Å²) in [5, 5.41) is 6.49. The van der Waals surface area contributed by atoms with E-state index in [2.05, 4.69) is 15.6 Å². The number of nitrogens with one attached hydrogen (secondary N) is 2. The Labute approximate surface area is 156 Å². The van der Waals surface area contributed by atoms with E-state index in [1.165, 1.54) is 24.4 Å². The van der Waals surface area contributed by atoms with E-state index in [4.69, 9.17) is 11.6 Å². The van der Waals surface area contributed by atoms with Gasteiger partial charge >= 0.3 is 0 Å². The summed E-state index contributed by atoms with van der Waals surface area (Å²) in [6.45, 7) is 3.95. The molecule has 1 heterocycles. The van der Waals surface area contributed by atoms with E-state index in [0.29, 0.717) is 16.5 Å². The molecule has 0 saturated heterocycles. The highest BCUT2D eigenvalue weighted by atomic mass is 35.5. The van der Waals surface area contributed by atoms with Crippen molar-refractivity contribution in [2.45, 2.75) is 13.8 Å². The summed E-state index contributed by atoms with van der Waals surface area (Å²) < 4.78 is 13.2. The molecule has 0 spiro atoms. The number of nitrogens with zero attached hydrogens (tertiary/aromatic N) is 1. The number of anilines is 3. The minimum atomic E-state index is -0.458. The van der Waals surface area contributed by atoms with Crippen molar-refractivity contribution in [2.75, 3.05) is 10.6 Å². The number of aromatic nitrogens is 1. The second-order valence-electron chi connectivity index (χ2n) is 5.96. The van der Waals surface area contributed by atoms with Gasteiger partial charge in [0.15, 0.2) is 0 Å². The van der Waals surface area contributed by atoms with Crippen molar-refractivity contribution < 1.29 is 9.18 Å². The predicted octanol–water partition coefficient (Wildman–Crippen LogP) is 5.49. The van der Waals surface area contributed by atoms with Crippen LogP contribution in [0.4, 0.5) is 21.6 Å². The zero-order valence-electron chi connectivity index (χ0n) is 14.3. The van der Waals surface area contributed by atoms with Crippen LogP contribution >= 0.6 is 11.6 Å². The molecule has 3 aromatic rings. The van der Waals surface area contributed by atoms with Gasteiger partial charge in [-0.2, -0.15) is 0 Å². The molecule has 6 heteroatoms. The average molecular weight is 370 g/mol. The van der Waals surface area contributed by atoms with E-state index in [9.17, 15) is 9.18 Å². The fraction of sp³-hybridized carbons (Fsp3) is 0.100. The lowest BCUT2D eigenvalue weighted by molar-refractivity contribution is 0.102. The maximum atomic E-state index is 13.2. The molecule has 0 saturated carbocycles. The third-order valence-corrected chi connectivity index (χ3v) is 4.09. The van der Waals surface area contributed by atoms with E-state index in [-0.39, 0.29) is 5.56 Å². The molecule has 1 aromatic heterocycles. The molecule has 0 atom stereocenters. The number of carbonyl (C=O) groups excluding carboxylic acids is 1. The monoisotopic (exact) mass is 369 g/mol. The Kier molecular flexibility index (Phi) is 5.19. The van der Waals surface area contributed by atoms with E-state index in [1.54, 1.807) is 18.2 Å². The molecule has 0 aliphatic carbocycles. The molecule has 3 rings (SSSR count). The Morgan fingerprint density at radius 1 is 1.12 bits per heavy atom. The molecule has 26 heavy (non-hydrogen) atoms. The van der Waals surface area contributed by atoms with Crippen LogP contribution in [0.1, 0.15) is 21.5 Å². The van der Waals surface area contributed by atoms with Crippen molar-refractivity contribution in [3.63, 3.8) is 0 Å². The van der Waals surface area contributed by atoms with Crippen LogP contribution in [0.3, 0.4) is 0 Å². The largest absolute Gasteiger partial charge is 0.339 e. The van der Waals surface area contributed by atoms with Crippen molar-refractivity contribution in [1.29, 1.82) is 0 Å². The lowest BCUT2D eigenvalue weighted by Crippen LogP contribution is -2.12. The first-order chi connectivity index (χ1) is 12.4. The van der Waals surface area contributed by atoms with E-state index in [1.807, 2.05) is 26.0 Å². The van der Waals surface area contributed by atoms with Gasteiger partial charge in [-0.3, -0.25) is 4.79 Å². The molecule has 4 nitrogen and oxygen atoms in total. The van der Waals surface area contributed by atoms with Gasteiger partial charge in [-0.1, -0.05) is 23.7 Å². The highest BCUT2D eigenvalue weighted by Crippen LogP contribution is 2.29. The summed E-state index contributed by atoms with van der Waals surface area (Å²) >= 11 is 6.29. The van der Waals surface area contributed by atoms with Gasteiger partial charge in [0.2, 0.25) is 0 Å². The topological polar surface area (TPSA) is 54.0 Å². The Morgan fingerprint density at radius 3 is 2.58 bits per heavy atom. The Balaban J connectivity index is 1.72. The molecule has 0 bridgehead atoms. The molecular weight excluding hydrogens is 353 g/mol. The smallest absolute Gasteiger partial charge is 0.255 e. The molecule has 0 aliphatic rings. The summed E-state index contributed by atoms with van der Waals surface area (Å²) in [5.41, 5.74) is 3.65. The first kappa shape index (κ1) is 17.9. The average Bonchev–Trinajstić information content (AvgIpc) is 2.59. The van der Waals surface area contributed by atoms with Crippen molar-refractivity contribution in [3.8, 4) is 0 Å². The molecular formula is C20H17ClFN3O. The number of benzene rings is 2. The predicted molar refractivity (Wildman–Crippen MR) is 103 cm³/mol. The third-order valence-electron chi connectivity index (χ3n) is 3.79. The molecule has 0 fully saturated rings. The molecule has 0 radical (unpaired) electrons. The molecule has 2 aromatic carbocycles. The molecule has 0 unspecified atom stereocenters. The minimum absolute atomic E-state index is 0.245. The second kappa shape index (κ2) is 7.54. The highest BCUT2D eigenvalue weighted by Gasteiger charge is 2.09. The molecule has 132 valence electrons. The fourth-order valence-electron chi connectivity index (χ4n) is 2.58. The summed E-state index contributed by atoms with van der Waals surface area (Å²) in [6.07, 6.45) is 1.52. The van der Waals surface area contributed by atoms with Gasteiger partial charge in [0, 0.05) is 5.56 Å². The zero-order chi connectivity index (χ0) is 18.7. The van der Waals surface area contributed by atoms with E-state index in [0.717, 1.165) is 16.8 Å². The first-order valence-electron chi connectivity index (χ1n) is 7.99. The van der Waals surface area contributed by atoms with Crippen LogP contribution < -0.4 is 10.6 Å². The first-order valence-corrected chi connectivity index (χ1v) is 8.37. The second-order valence-corrected chi connectivity index (χ2v) is 6.37. The normalized spacial score (nSPS) is 10.5. The number of amides is 1. The van der Waals surface area contributed by atoms with Crippen molar-refractivity contribution in [1.82, 2.24) is 4.98 Å². The van der Waals surface area contributed by atoms with Gasteiger partial charge in [0.25, 0.3) is 5.91 Å².